The van der Waals surface area contributed by atoms with Gasteiger partial charge in [0.25, 0.3) is 0 Å². The fourth-order valence-corrected chi connectivity index (χ4v) is 10.1. The predicted molar refractivity (Wildman–Crippen MR) is 225 cm³/mol. The van der Waals surface area contributed by atoms with E-state index in [1.807, 2.05) is 0 Å². The first-order valence-corrected chi connectivity index (χ1v) is 20.5. The van der Waals surface area contributed by atoms with E-state index in [4.69, 9.17) is 14.7 Å². The third kappa shape index (κ3) is 6.04. The molecule has 8 nitrogen and oxygen atoms in total. The lowest BCUT2D eigenvalue weighted by atomic mass is 9.88. The number of fused-ring (bicyclic) bond motifs is 14. The Bertz CT molecular complexity index is 2170. The van der Waals surface area contributed by atoms with Crippen LogP contribution in [0.3, 0.4) is 0 Å². The Hall–Kier alpha value is -4.14. The van der Waals surface area contributed by atoms with Gasteiger partial charge in [-0.05, 0) is 147 Å². The molecule has 4 aliphatic rings. The first kappa shape index (κ1) is 38.1. The number of nitrogens with zero attached hydrogens (tertiary/aromatic N) is 2. The number of hydrogen-bond acceptors (Lipinski definition) is 5. The van der Waals surface area contributed by atoms with Crippen LogP contribution in [0.1, 0.15) is 130 Å². The highest BCUT2D eigenvalue weighted by molar-refractivity contribution is 6.16. The molecule has 3 aromatic heterocycles. The van der Waals surface area contributed by atoms with Gasteiger partial charge in [0.15, 0.2) is 0 Å². The summed E-state index contributed by atoms with van der Waals surface area (Å²) in [5.74, 6) is 0.316. The van der Waals surface area contributed by atoms with E-state index in [9.17, 15) is 5.11 Å². The number of ether oxygens (including phenoxy) is 1. The number of allylic oxidation sites excluding steroid dienone is 1. The number of aliphatic imine (C=N–C) groups is 2. The first-order valence-electron chi connectivity index (χ1n) is 20.5. The molecule has 3 atom stereocenters. The number of aliphatic hydroxyl groups is 1. The van der Waals surface area contributed by atoms with Crippen molar-refractivity contribution in [3.63, 3.8) is 0 Å². The predicted octanol–water partition coefficient (Wildman–Crippen LogP) is 9.34. The van der Waals surface area contributed by atoms with Crippen molar-refractivity contribution in [1.29, 1.82) is 0 Å². The standard InChI is InChI=1S/C46H62N6O2/c1-12-29-25(7)39-41-27(9)31(14-3)43(51-41)44-32(15-4)28(10)42(52-44)40-26(8)30(13-2)38(50-40)22-36-24(6)34(18-20-54-11)46(48-36)45-33(17-16-19-53)23(5)35(47-45)21-37(29)49-39/h22,27,37,41,47,50-53H,12-21H2,1-11H3/b36-22-. The van der Waals surface area contributed by atoms with Gasteiger partial charge in [0.05, 0.1) is 64.3 Å². The summed E-state index contributed by atoms with van der Waals surface area (Å²) in [6.45, 7) is 23.6. The molecule has 0 aliphatic carbocycles. The lowest BCUT2D eigenvalue weighted by Gasteiger charge is -2.20. The van der Waals surface area contributed by atoms with Crippen molar-refractivity contribution in [2.24, 2.45) is 15.9 Å². The lowest BCUT2D eigenvalue weighted by Crippen LogP contribution is -2.36. The van der Waals surface area contributed by atoms with Gasteiger partial charge in [-0.1, -0.05) is 34.6 Å². The maximum absolute atomic E-state index is 9.99. The van der Waals surface area contributed by atoms with Gasteiger partial charge in [0, 0.05) is 37.4 Å². The van der Waals surface area contributed by atoms with Gasteiger partial charge in [-0.15, -0.1) is 0 Å². The molecule has 7 heterocycles. The van der Waals surface area contributed by atoms with Gasteiger partial charge >= 0.3 is 0 Å². The molecule has 8 heteroatoms. The average Bonchev–Trinajstić information content (AvgIpc) is 3.97. The summed E-state index contributed by atoms with van der Waals surface area (Å²) in [5, 5.41) is 14.1. The minimum absolute atomic E-state index is 0.0716. The van der Waals surface area contributed by atoms with Gasteiger partial charge in [-0.25, -0.2) is 4.99 Å². The number of H-pyrrole nitrogens is 3. The highest BCUT2D eigenvalue weighted by Crippen LogP contribution is 2.43. The molecule has 3 aromatic rings. The quantitative estimate of drug-likeness (QED) is 0.143. The summed E-state index contributed by atoms with van der Waals surface area (Å²) in [4.78, 5) is 23.0. The van der Waals surface area contributed by atoms with Crippen molar-refractivity contribution < 1.29 is 9.84 Å². The molecule has 0 fully saturated rings. The van der Waals surface area contributed by atoms with Crippen LogP contribution in [0, 0.1) is 26.7 Å². The maximum atomic E-state index is 9.99. The Morgan fingerprint density at radius 2 is 1.48 bits per heavy atom. The number of aliphatic hydroxyl groups excluding tert-OH is 1. The maximum Gasteiger partial charge on any atom is 0.0910 e. The summed E-state index contributed by atoms with van der Waals surface area (Å²) >= 11 is 0. The molecular weight excluding hydrogens is 669 g/mol. The molecular formula is C46H62N6O2. The highest BCUT2D eigenvalue weighted by atomic mass is 16.5. The zero-order chi connectivity index (χ0) is 38.6. The minimum atomic E-state index is 0.0716. The highest BCUT2D eigenvalue weighted by Gasteiger charge is 2.40. The number of methoxy groups -OCH3 is 1. The van der Waals surface area contributed by atoms with Crippen molar-refractivity contribution in [2.75, 3.05) is 20.3 Å². The molecule has 5 N–H and O–H groups in total. The molecule has 0 amide bonds. The Labute approximate surface area is 322 Å². The van der Waals surface area contributed by atoms with Crippen LogP contribution in [0.4, 0.5) is 0 Å². The Morgan fingerprint density at radius 1 is 0.778 bits per heavy atom. The monoisotopic (exact) mass is 730 g/mol. The molecule has 4 aliphatic heterocycles. The van der Waals surface area contributed by atoms with Crippen LogP contribution in [0.25, 0.3) is 23.2 Å². The van der Waals surface area contributed by atoms with Crippen LogP contribution in [0.15, 0.2) is 43.5 Å². The van der Waals surface area contributed by atoms with E-state index in [0.29, 0.717) is 18.9 Å². The third-order valence-corrected chi connectivity index (χ3v) is 13.2. The van der Waals surface area contributed by atoms with Crippen LogP contribution in [0.5, 0.6) is 0 Å². The summed E-state index contributed by atoms with van der Waals surface area (Å²) in [6.07, 6.45) is 9.14. The largest absolute Gasteiger partial charge is 0.396 e. The zero-order valence-corrected chi connectivity index (χ0v) is 34.6. The minimum Gasteiger partial charge on any atom is -0.396 e. The third-order valence-electron chi connectivity index (χ3n) is 13.2. The van der Waals surface area contributed by atoms with Crippen LogP contribution in [-0.2, 0) is 30.4 Å². The molecule has 288 valence electrons. The van der Waals surface area contributed by atoms with Gasteiger partial charge in [-0.2, -0.15) is 0 Å². The van der Waals surface area contributed by atoms with E-state index in [0.717, 1.165) is 73.4 Å². The summed E-state index contributed by atoms with van der Waals surface area (Å²) < 4.78 is 5.65. The van der Waals surface area contributed by atoms with Gasteiger partial charge in [0.1, 0.15) is 0 Å². The van der Waals surface area contributed by atoms with Crippen molar-refractivity contribution in [2.45, 2.75) is 133 Å². The number of aromatic nitrogens is 3. The van der Waals surface area contributed by atoms with E-state index >= 15 is 0 Å². The molecule has 54 heavy (non-hydrogen) atoms. The van der Waals surface area contributed by atoms with Crippen molar-refractivity contribution in [3.05, 3.63) is 89.7 Å². The molecule has 0 aromatic carbocycles. The summed E-state index contributed by atoms with van der Waals surface area (Å²) in [6, 6.07) is 0.185. The van der Waals surface area contributed by atoms with E-state index in [1.165, 1.54) is 89.7 Å². The smallest absolute Gasteiger partial charge is 0.0910 e. The molecule has 12 bridgehead atoms. The van der Waals surface area contributed by atoms with Gasteiger partial charge in [-0.3, -0.25) is 4.99 Å². The topological polar surface area (TPSA) is 114 Å². The SMILES string of the molecule is CCC1=C(C)C2=NC1Cc1[nH]c(c(CCCO)c1C)C1=N/C(=C\c3[nH]c(c(C)c3CC)-c3[nH]c(c(CC)c3C)C3=C(CC)C(C)C2N3)C(C)=C1CCOC. The summed E-state index contributed by atoms with van der Waals surface area (Å²) in [7, 11) is 1.77. The van der Waals surface area contributed by atoms with E-state index in [1.54, 1.807) is 7.11 Å². The van der Waals surface area contributed by atoms with Crippen LogP contribution >= 0.6 is 0 Å². The molecule has 0 radical (unpaired) electrons. The van der Waals surface area contributed by atoms with Gasteiger partial charge in [0.2, 0.25) is 0 Å². The molecule has 0 spiro atoms. The zero-order valence-electron chi connectivity index (χ0n) is 34.6. The lowest BCUT2D eigenvalue weighted by molar-refractivity contribution is 0.203. The van der Waals surface area contributed by atoms with Crippen molar-refractivity contribution in [1.82, 2.24) is 20.3 Å². The molecule has 7 rings (SSSR count). The number of nitrogens with one attached hydrogen (secondary N) is 4. The molecule has 0 saturated heterocycles. The Balaban J connectivity index is 1.51. The van der Waals surface area contributed by atoms with Crippen molar-refractivity contribution >= 4 is 23.2 Å². The molecule has 3 unspecified atom stereocenters. The first-order chi connectivity index (χ1) is 26.0. The Kier molecular flexibility index (Phi) is 10.7. The number of rotatable bonds is 10. The fraction of sp³-hybridized carbons (Fsp3) is 0.522. The second kappa shape index (κ2) is 15.2. The fourth-order valence-electron chi connectivity index (χ4n) is 10.1. The second-order valence-corrected chi connectivity index (χ2v) is 15.9. The average molecular weight is 731 g/mol. The van der Waals surface area contributed by atoms with Gasteiger partial charge < -0.3 is 30.1 Å². The van der Waals surface area contributed by atoms with E-state index in [2.05, 4.69) is 95.6 Å². The molecule has 0 saturated carbocycles. The number of aromatic amines is 3. The van der Waals surface area contributed by atoms with Crippen LogP contribution in [-0.4, -0.2) is 63.9 Å². The normalized spacial score (nSPS) is 21.9. The van der Waals surface area contributed by atoms with E-state index in [-0.39, 0.29) is 18.7 Å². The second-order valence-electron chi connectivity index (χ2n) is 15.9. The van der Waals surface area contributed by atoms with Crippen LogP contribution in [0.2, 0.25) is 0 Å². The van der Waals surface area contributed by atoms with E-state index < -0.39 is 0 Å². The van der Waals surface area contributed by atoms with Crippen LogP contribution < -0.4 is 5.32 Å². The van der Waals surface area contributed by atoms with Crippen molar-refractivity contribution in [3.8, 4) is 11.4 Å². The number of hydrogen-bond donors (Lipinski definition) is 5. The summed E-state index contributed by atoms with van der Waals surface area (Å²) in [5.41, 5.74) is 25.8. The Morgan fingerprint density at radius 3 is 2.15 bits per heavy atom.